The molecule has 3 aliphatic carbocycles. The maximum Gasteiger partial charge on any atom is 0.412 e. The second kappa shape index (κ2) is 23.8. The van der Waals surface area contributed by atoms with Crippen molar-refractivity contribution < 1.29 is 34.1 Å². The zero-order valence-corrected chi connectivity index (χ0v) is 35.3. The molecule has 0 saturated heterocycles. The summed E-state index contributed by atoms with van der Waals surface area (Å²) in [4.78, 5) is 18.7. The Bertz CT molecular complexity index is 1410. The van der Waals surface area contributed by atoms with Gasteiger partial charge in [-0.15, -0.1) is 18.3 Å². The highest BCUT2D eigenvalue weighted by Gasteiger charge is 2.64. The molecule has 2 saturated carbocycles. The Morgan fingerprint density at radius 2 is 1.68 bits per heavy atom. The van der Waals surface area contributed by atoms with E-state index >= 15 is 0 Å². The van der Waals surface area contributed by atoms with Crippen molar-refractivity contribution >= 4 is 23.6 Å². The highest BCUT2D eigenvalue weighted by Crippen LogP contribution is 2.63. The molecule has 4 aliphatic rings. The van der Waals surface area contributed by atoms with E-state index in [1.54, 1.807) is 7.11 Å². The highest BCUT2D eigenvalue weighted by atomic mass is 32.2. The van der Waals surface area contributed by atoms with Gasteiger partial charge in [0.2, 0.25) is 5.79 Å². The number of thioether (sulfide) groups is 1. The Kier molecular flexibility index (Phi) is 18.9. The number of fused-ring (bicyclic) bond motifs is 2. The Labute approximate surface area is 341 Å². The lowest BCUT2D eigenvalue weighted by atomic mass is 9.56. The zero-order chi connectivity index (χ0) is 39.6. The van der Waals surface area contributed by atoms with Gasteiger partial charge in [0.25, 0.3) is 0 Å². The maximum atomic E-state index is 13.1. The predicted octanol–water partition coefficient (Wildman–Crippen LogP) is 10.6. The number of allylic oxidation sites excluding steroid dienone is 1. The predicted molar refractivity (Wildman–Crippen MR) is 228 cm³/mol. The highest BCUT2D eigenvalue weighted by molar-refractivity contribution is 8.00. The van der Waals surface area contributed by atoms with Crippen molar-refractivity contribution in [1.29, 1.82) is 0 Å². The first-order valence-electron chi connectivity index (χ1n) is 22.2. The van der Waals surface area contributed by atoms with Crippen LogP contribution in [0.15, 0.2) is 47.7 Å². The molecule has 0 aromatic heterocycles. The molecule has 3 N–H and O–H groups in total. The van der Waals surface area contributed by atoms with Crippen LogP contribution in [0, 0.1) is 17.8 Å². The van der Waals surface area contributed by atoms with Gasteiger partial charge in [-0.25, -0.2) is 4.79 Å². The molecule has 56 heavy (non-hydrogen) atoms. The minimum atomic E-state index is -0.974. The van der Waals surface area contributed by atoms with Crippen LogP contribution >= 0.6 is 11.8 Å². The van der Waals surface area contributed by atoms with Crippen molar-refractivity contribution in [2.24, 2.45) is 22.9 Å². The molecule has 0 bridgehead atoms. The van der Waals surface area contributed by atoms with Crippen LogP contribution in [-0.2, 0) is 9.57 Å². The van der Waals surface area contributed by atoms with E-state index in [4.69, 9.17) is 24.2 Å². The van der Waals surface area contributed by atoms with E-state index in [1.165, 1.54) is 77.0 Å². The molecule has 1 amide bonds. The average Bonchev–Trinajstić information content (AvgIpc) is 3.72. The molecule has 1 aromatic rings. The van der Waals surface area contributed by atoms with E-state index in [0.717, 1.165) is 74.0 Å². The van der Waals surface area contributed by atoms with E-state index in [1.807, 2.05) is 36.0 Å². The van der Waals surface area contributed by atoms with Crippen LogP contribution < -0.4 is 14.8 Å². The van der Waals surface area contributed by atoms with Crippen molar-refractivity contribution in [3.63, 3.8) is 0 Å². The van der Waals surface area contributed by atoms with Crippen molar-refractivity contribution in [2.75, 3.05) is 33.5 Å². The van der Waals surface area contributed by atoms with Crippen molar-refractivity contribution in [2.45, 2.75) is 164 Å². The van der Waals surface area contributed by atoms with Gasteiger partial charge in [-0.3, -0.25) is 0 Å². The molecule has 1 aromatic carbocycles. The molecule has 9 nitrogen and oxygen atoms in total. The average molecular weight is 797 g/mol. The van der Waals surface area contributed by atoms with Crippen LogP contribution in [0.5, 0.6) is 11.5 Å². The van der Waals surface area contributed by atoms with Crippen LogP contribution in [-0.4, -0.2) is 71.8 Å². The van der Waals surface area contributed by atoms with Gasteiger partial charge >= 0.3 is 6.09 Å². The third kappa shape index (κ3) is 11.8. The SMILES string of the molecule is C=CCO[C@@]12Oc3ccc(OC(=O)NCCCCCCCCCCCC)cc3[C@H]3[C@H](CCCCO)[C@@H](CCCCO)C=C(C(=NOC)C[C@@H]1SC1CCCC1)[C@H]32. The molecule has 5 rings (SSSR count). The van der Waals surface area contributed by atoms with Gasteiger partial charge in [-0.05, 0) is 80.6 Å². The van der Waals surface area contributed by atoms with Crippen molar-refractivity contribution in [3.05, 3.63) is 48.1 Å². The summed E-state index contributed by atoms with van der Waals surface area (Å²) in [6.07, 6.45) is 26.8. The number of nitrogens with one attached hydrogen (secondary N) is 1. The maximum absolute atomic E-state index is 13.1. The summed E-state index contributed by atoms with van der Waals surface area (Å²) < 4.78 is 20.2. The summed E-state index contributed by atoms with van der Waals surface area (Å²) in [5.74, 6) is 0.460. The molecule has 2 fully saturated rings. The third-order valence-electron chi connectivity index (χ3n) is 12.5. The number of carbonyl (C=O) groups is 1. The van der Waals surface area contributed by atoms with E-state index in [0.29, 0.717) is 30.6 Å². The van der Waals surface area contributed by atoms with Crippen LogP contribution in [0.25, 0.3) is 0 Å². The number of carbonyl (C=O) groups excluding carboxylic acids is 1. The number of unbranched alkanes of at least 4 members (excludes halogenated alkanes) is 11. The van der Waals surface area contributed by atoms with Crippen LogP contribution in [0.2, 0.25) is 0 Å². The lowest BCUT2D eigenvalue weighted by molar-refractivity contribution is -0.223. The van der Waals surface area contributed by atoms with Gasteiger partial charge in [-0.2, -0.15) is 0 Å². The summed E-state index contributed by atoms with van der Waals surface area (Å²) in [7, 11) is 1.62. The van der Waals surface area contributed by atoms with E-state index in [-0.39, 0.29) is 42.1 Å². The molecule has 1 heterocycles. The second-order valence-corrected chi connectivity index (χ2v) is 18.0. The minimum Gasteiger partial charge on any atom is -0.460 e. The Balaban J connectivity index is 1.42. The molecule has 0 unspecified atom stereocenters. The largest absolute Gasteiger partial charge is 0.460 e. The number of hydrogen-bond donors (Lipinski definition) is 3. The van der Waals surface area contributed by atoms with E-state index in [2.05, 4.69) is 24.9 Å². The fraction of sp³-hybridized carbons (Fsp3) is 0.739. The molecule has 1 aliphatic heterocycles. The number of ether oxygens (including phenoxy) is 3. The Morgan fingerprint density at radius 1 is 0.982 bits per heavy atom. The monoisotopic (exact) mass is 797 g/mol. The number of nitrogens with zero attached hydrogens (tertiary/aromatic N) is 1. The summed E-state index contributed by atoms with van der Waals surface area (Å²) in [6, 6.07) is 5.83. The Hall–Kier alpha value is -2.53. The number of amides is 1. The molecular formula is C46H72N2O7S. The molecule has 0 radical (unpaired) electrons. The lowest BCUT2D eigenvalue weighted by Gasteiger charge is -2.58. The number of hydrogen-bond acceptors (Lipinski definition) is 9. The fourth-order valence-electron chi connectivity index (χ4n) is 9.82. The quantitative estimate of drug-likeness (QED) is 0.0482. The molecule has 10 heteroatoms. The molecular weight excluding hydrogens is 725 g/mol. The van der Waals surface area contributed by atoms with Crippen molar-refractivity contribution in [1.82, 2.24) is 5.32 Å². The first-order chi connectivity index (χ1) is 27.5. The smallest absolute Gasteiger partial charge is 0.412 e. The minimum absolute atomic E-state index is 0.0335. The third-order valence-corrected chi connectivity index (χ3v) is 14.2. The van der Waals surface area contributed by atoms with E-state index in [9.17, 15) is 15.0 Å². The van der Waals surface area contributed by atoms with Crippen LogP contribution in [0.4, 0.5) is 4.79 Å². The molecule has 0 spiro atoms. The van der Waals surface area contributed by atoms with Crippen LogP contribution in [0.3, 0.4) is 0 Å². The van der Waals surface area contributed by atoms with Gasteiger partial charge in [0.15, 0.2) is 0 Å². The van der Waals surface area contributed by atoms with E-state index < -0.39 is 11.9 Å². The second-order valence-electron chi connectivity index (χ2n) is 16.5. The summed E-state index contributed by atoms with van der Waals surface area (Å²) >= 11 is 1.99. The first kappa shape index (κ1) is 44.6. The Morgan fingerprint density at radius 3 is 2.36 bits per heavy atom. The van der Waals surface area contributed by atoms with Gasteiger partial charge in [0, 0.05) is 42.9 Å². The number of rotatable bonds is 26. The normalized spacial score (nSPS) is 26.2. The zero-order valence-electron chi connectivity index (χ0n) is 34.5. The summed E-state index contributed by atoms with van der Waals surface area (Å²) in [5, 5.41) is 27.8. The number of aliphatic hydroxyl groups excluding tert-OH is 2. The van der Waals surface area contributed by atoms with Crippen molar-refractivity contribution in [3.8, 4) is 11.5 Å². The first-order valence-corrected chi connectivity index (χ1v) is 23.2. The molecule has 314 valence electrons. The summed E-state index contributed by atoms with van der Waals surface area (Å²) in [5.41, 5.74) is 3.08. The topological polar surface area (TPSA) is 119 Å². The lowest BCUT2D eigenvalue weighted by Crippen LogP contribution is -2.64. The number of aliphatic hydroxyl groups is 2. The van der Waals surface area contributed by atoms with Gasteiger partial charge in [-0.1, -0.05) is 108 Å². The van der Waals surface area contributed by atoms with Crippen LogP contribution in [0.1, 0.15) is 153 Å². The van der Waals surface area contributed by atoms with Gasteiger partial charge in [0.1, 0.15) is 18.6 Å². The van der Waals surface area contributed by atoms with Gasteiger partial charge < -0.3 is 34.6 Å². The number of benzene rings is 1. The fourth-order valence-corrected chi connectivity index (χ4v) is 11.6. The molecule has 6 atom stereocenters. The number of oxime groups is 1. The van der Waals surface area contributed by atoms with Gasteiger partial charge in [0.05, 0.1) is 23.5 Å². The summed E-state index contributed by atoms with van der Waals surface area (Å²) in [6.45, 7) is 7.55. The standard InChI is InChI=1S/C46H72N2O7S/c1-4-6-7-8-9-10-11-12-13-18-27-47-45(51)54-35-25-26-41-39(32-35)43-37(24-17-20-29-50)34(21-16-19-28-49)31-38-40(48-52-3)33-42(56-36-22-14-15-23-36)46(55-41,44(38)43)53-30-5-2/h5,25-26,31-32,34,36-37,42-44,49-50H,2,4,6-24,27-30,33H2,1,3H3,(H,47,51)/t34-,37+,42-,43+,44+,46+/m0/s1.